The molecule has 228 valence electrons. The molecule has 12 nitrogen and oxygen atoms in total. The van der Waals surface area contributed by atoms with Gasteiger partial charge in [0.25, 0.3) is 5.69 Å². The van der Waals surface area contributed by atoms with Gasteiger partial charge in [-0.1, -0.05) is 18.2 Å². The molecule has 3 aromatic heterocycles. The van der Waals surface area contributed by atoms with Crippen LogP contribution in [0, 0.1) is 17.0 Å². The number of para-hydroxylation sites is 1. The zero-order chi connectivity index (χ0) is 31.1. The summed E-state index contributed by atoms with van der Waals surface area (Å²) in [7, 11) is 9.22. The number of nitrogens with one attached hydrogen (secondary N) is 1. The predicted octanol–water partition coefficient (Wildman–Crippen LogP) is 5.41. The first-order chi connectivity index (χ1) is 21.1. The largest absolute Gasteiger partial charge is 0.494 e. The van der Waals surface area contributed by atoms with Gasteiger partial charge in [-0.2, -0.15) is 5.10 Å². The molecule has 0 unspecified atom stereocenters. The van der Waals surface area contributed by atoms with Gasteiger partial charge in [0.15, 0.2) is 0 Å². The Morgan fingerprint density at radius 2 is 1.93 bits per heavy atom. The van der Waals surface area contributed by atoms with Crippen molar-refractivity contribution in [1.29, 1.82) is 0 Å². The molecule has 0 spiro atoms. The van der Waals surface area contributed by atoms with E-state index in [1.54, 1.807) is 24.1 Å². The highest BCUT2D eigenvalue weighted by Gasteiger charge is 2.25. The molecule has 5 aromatic rings. The molecule has 0 radical (unpaired) electrons. The molecule has 1 aliphatic rings. The number of aromatic nitrogens is 5. The second-order valence-electron chi connectivity index (χ2n) is 11.6. The van der Waals surface area contributed by atoms with E-state index in [0.29, 0.717) is 29.6 Å². The standard InChI is InChI=1S/C32H37N9O3/c1-20-24(18-39(5)36-20)23-17-33-32(35-30(23)25-19-40-12-8-10-21-9-7-11-22(25)31(21)40)34-26-15-28(41(42)43)27(16-29(26)44-6)38(4)14-13-37(2)3/h7,9,11,15-19H,8,10,12-14H2,1-6H3,(H,33,34,35). The summed E-state index contributed by atoms with van der Waals surface area (Å²) >= 11 is 0. The molecule has 0 fully saturated rings. The third-order valence-corrected chi connectivity index (χ3v) is 8.21. The number of likely N-dealkylation sites (N-methyl/N-ethyl adjacent to an activating group) is 2. The third-order valence-electron chi connectivity index (χ3n) is 8.21. The quantitative estimate of drug-likeness (QED) is 0.167. The molecule has 2 aromatic carbocycles. The topological polar surface area (TPSA) is 119 Å². The molecule has 4 heterocycles. The van der Waals surface area contributed by atoms with Gasteiger partial charge in [-0.3, -0.25) is 14.8 Å². The number of nitro benzene ring substituents is 1. The van der Waals surface area contributed by atoms with Crippen molar-refractivity contribution in [2.45, 2.75) is 26.3 Å². The molecule has 6 rings (SSSR count). The average molecular weight is 596 g/mol. The van der Waals surface area contributed by atoms with Gasteiger partial charge in [0.2, 0.25) is 5.95 Å². The van der Waals surface area contributed by atoms with Crippen LogP contribution in [0.4, 0.5) is 23.0 Å². The minimum absolute atomic E-state index is 0.0358. The Kier molecular flexibility index (Phi) is 7.68. The molecular weight excluding hydrogens is 558 g/mol. The summed E-state index contributed by atoms with van der Waals surface area (Å²) < 4.78 is 9.80. The lowest BCUT2D eigenvalue weighted by Crippen LogP contribution is -2.28. The van der Waals surface area contributed by atoms with E-state index in [9.17, 15) is 10.1 Å². The summed E-state index contributed by atoms with van der Waals surface area (Å²) in [6, 6.07) is 9.62. The summed E-state index contributed by atoms with van der Waals surface area (Å²) in [6.07, 6.45) is 8.09. The van der Waals surface area contributed by atoms with Gasteiger partial charge in [-0.25, -0.2) is 9.97 Å². The van der Waals surface area contributed by atoms with Crippen molar-refractivity contribution in [2.24, 2.45) is 7.05 Å². The fourth-order valence-corrected chi connectivity index (χ4v) is 6.02. The highest BCUT2D eigenvalue weighted by atomic mass is 16.6. The number of hydrogen-bond donors (Lipinski definition) is 1. The molecule has 1 N–H and O–H groups in total. The molecule has 12 heteroatoms. The van der Waals surface area contributed by atoms with Crippen molar-refractivity contribution in [3.8, 4) is 28.1 Å². The third kappa shape index (κ3) is 5.32. The van der Waals surface area contributed by atoms with E-state index in [4.69, 9.17) is 9.72 Å². The maximum atomic E-state index is 12.2. The van der Waals surface area contributed by atoms with Gasteiger partial charge in [-0.05, 0) is 39.4 Å². The SMILES string of the molecule is COc1cc(N(C)CCN(C)C)c([N+](=O)[O-])cc1Nc1ncc(-c2cn(C)nc2C)c(-c2cn3c4c(cccc24)CCC3)n1. The minimum atomic E-state index is -0.374. The monoisotopic (exact) mass is 595 g/mol. The second-order valence-corrected chi connectivity index (χ2v) is 11.6. The van der Waals surface area contributed by atoms with Crippen LogP contribution in [-0.2, 0) is 20.0 Å². The van der Waals surface area contributed by atoms with Crippen LogP contribution >= 0.6 is 0 Å². The van der Waals surface area contributed by atoms with E-state index in [1.165, 1.54) is 17.1 Å². The van der Waals surface area contributed by atoms with E-state index in [2.05, 4.69) is 44.4 Å². The lowest BCUT2D eigenvalue weighted by Gasteiger charge is -2.22. The highest BCUT2D eigenvalue weighted by Crippen LogP contribution is 2.42. The smallest absolute Gasteiger partial charge is 0.294 e. The van der Waals surface area contributed by atoms with Crippen LogP contribution in [0.15, 0.2) is 48.9 Å². The normalized spacial score (nSPS) is 12.6. The Labute approximate surface area is 256 Å². The number of anilines is 3. The molecule has 1 aliphatic heterocycles. The predicted molar refractivity (Wildman–Crippen MR) is 173 cm³/mol. The number of nitro groups is 1. The molecule has 0 atom stereocenters. The fraction of sp³-hybridized carbons (Fsp3) is 0.344. The Morgan fingerprint density at radius 3 is 2.64 bits per heavy atom. The first kappa shape index (κ1) is 29.1. The summed E-state index contributed by atoms with van der Waals surface area (Å²) in [5.74, 6) is 0.755. The van der Waals surface area contributed by atoms with Crippen LogP contribution in [-0.4, -0.2) is 75.5 Å². The van der Waals surface area contributed by atoms with Crippen LogP contribution in [0.3, 0.4) is 0 Å². The molecule has 0 bridgehead atoms. The number of hydrogen-bond acceptors (Lipinski definition) is 9. The zero-order valence-corrected chi connectivity index (χ0v) is 26.0. The number of rotatable bonds is 10. The zero-order valence-electron chi connectivity index (χ0n) is 26.0. The van der Waals surface area contributed by atoms with Crippen molar-refractivity contribution >= 4 is 33.9 Å². The van der Waals surface area contributed by atoms with Gasteiger partial charge in [0.1, 0.15) is 11.4 Å². The van der Waals surface area contributed by atoms with E-state index >= 15 is 0 Å². The van der Waals surface area contributed by atoms with E-state index < -0.39 is 0 Å². The fourth-order valence-electron chi connectivity index (χ4n) is 6.02. The summed E-state index contributed by atoms with van der Waals surface area (Å²) in [4.78, 5) is 25.4. The number of methoxy groups -OCH3 is 1. The summed E-state index contributed by atoms with van der Waals surface area (Å²) in [5.41, 5.74) is 7.85. The van der Waals surface area contributed by atoms with Crippen LogP contribution in [0.25, 0.3) is 33.3 Å². The summed E-state index contributed by atoms with van der Waals surface area (Å²) in [6.45, 7) is 4.27. The molecule has 0 saturated carbocycles. The lowest BCUT2D eigenvalue weighted by atomic mass is 9.98. The number of benzene rings is 2. The lowest BCUT2D eigenvalue weighted by molar-refractivity contribution is -0.384. The molecule has 0 saturated heterocycles. The maximum absolute atomic E-state index is 12.2. The van der Waals surface area contributed by atoms with Crippen molar-refractivity contribution in [3.63, 3.8) is 0 Å². The first-order valence-corrected chi connectivity index (χ1v) is 14.6. The number of aryl methyl sites for hydroxylation is 4. The Morgan fingerprint density at radius 1 is 1.11 bits per heavy atom. The van der Waals surface area contributed by atoms with Gasteiger partial charge < -0.3 is 24.4 Å². The van der Waals surface area contributed by atoms with Crippen LogP contribution in [0.2, 0.25) is 0 Å². The molecule has 0 aliphatic carbocycles. The minimum Gasteiger partial charge on any atom is -0.494 e. The molecule has 0 amide bonds. The summed E-state index contributed by atoms with van der Waals surface area (Å²) in [5, 5.41) is 21.1. The molecule has 44 heavy (non-hydrogen) atoms. The van der Waals surface area contributed by atoms with Gasteiger partial charge in [-0.15, -0.1) is 0 Å². The van der Waals surface area contributed by atoms with Gasteiger partial charge in [0.05, 0.1) is 34.6 Å². The van der Waals surface area contributed by atoms with E-state index in [-0.39, 0.29) is 10.6 Å². The Balaban J connectivity index is 1.47. The van der Waals surface area contributed by atoms with Crippen molar-refractivity contribution in [3.05, 3.63) is 70.3 Å². The van der Waals surface area contributed by atoms with Crippen LogP contribution in [0.5, 0.6) is 5.75 Å². The van der Waals surface area contributed by atoms with Crippen molar-refractivity contribution in [2.75, 3.05) is 51.6 Å². The Hall–Kier alpha value is -4.97. The van der Waals surface area contributed by atoms with Gasteiger partial charge in [0, 0.05) is 86.5 Å². The van der Waals surface area contributed by atoms with Gasteiger partial charge >= 0.3 is 0 Å². The van der Waals surface area contributed by atoms with Crippen LogP contribution < -0.4 is 15.0 Å². The first-order valence-electron chi connectivity index (χ1n) is 14.6. The molecular formula is C32H37N9O3. The second kappa shape index (κ2) is 11.6. The van der Waals surface area contributed by atoms with E-state index in [0.717, 1.165) is 59.4 Å². The number of ether oxygens (including phenoxy) is 1. The Bertz CT molecular complexity index is 1870. The van der Waals surface area contributed by atoms with E-state index in [1.807, 2.05) is 51.1 Å². The highest BCUT2D eigenvalue weighted by molar-refractivity contribution is 6.00. The average Bonchev–Trinajstić information content (AvgIpc) is 3.55. The van der Waals surface area contributed by atoms with Crippen molar-refractivity contribution in [1.82, 2.24) is 29.2 Å². The maximum Gasteiger partial charge on any atom is 0.294 e. The van der Waals surface area contributed by atoms with Crippen molar-refractivity contribution < 1.29 is 9.66 Å². The number of nitrogens with zero attached hydrogens (tertiary/aromatic N) is 8. The van der Waals surface area contributed by atoms with Crippen LogP contribution in [0.1, 0.15) is 17.7 Å².